The van der Waals surface area contributed by atoms with E-state index in [0.29, 0.717) is 32.7 Å². The predicted molar refractivity (Wildman–Crippen MR) is 118 cm³/mol. The van der Waals surface area contributed by atoms with Gasteiger partial charge in [-0.2, -0.15) is 0 Å². The fourth-order valence-electron chi connectivity index (χ4n) is 2.60. The van der Waals surface area contributed by atoms with Crippen molar-refractivity contribution in [1.29, 1.82) is 0 Å². The Morgan fingerprint density at radius 1 is 0.867 bits per heavy atom. The second-order valence-corrected chi connectivity index (χ2v) is 6.93. The monoisotopic (exact) mass is 444 g/mol. The smallest absolute Gasteiger partial charge is 0.262 e. The molecule has 6 nitrogen and oxygen atoms in total. The molecule has 2 N–H and O–H groups in total. The highest BCUT2D eigenvalue weighted by molar-refractivity contribution is 6.37. The van der Waals surface area contributed by atoms with E-state index in [1.807, 2.05) is 6.07 Å². The predicted octanol–water partition coefficient (Wildman–Crippen LogP) is 5.27. The van der Waals surface area contributed by atoms with Crippen molar-refractivity contribution >= 4 is 46.4 Å². The minimum Gasteiger partial charge on any atom is -0.495 e. The number of benzene rings is 3. The van der Waals surface area contributed by atoms with E-state index in [9.17, 15) is 9.59 Å². The van der Waals surface area contributed by atoms with Crippen LogP contribution in [-0.4, -0.2) is 25.5 Å². The summed E-state index contributed by atoms with van der Waals surface area (Å²) in [5.74, 6) is 0.124. The molecule has 0 saturated carbocycles. The summed E-state index contributed by atoms with van der Waals surface area (Å²) in [6, 6.07) is 18.5. The first kappa shape index (κ1) is 21.5. The molecule has 0 aliphatic carbocycles. The van der Waals surface area contributed by atoms with Crippen molar-refractivity contribution in [2.75, 3.05) is 24.4 Å². The lowest BCUT2D eigenvalue weighted by Gasteiger charge is -2.11. The first-order valence-electron chi connectivity index (χ1n) is 8.89. The Labute approximate surface area is 183 Å². The van der Waals surface area contributed by atoms with E-state index in [1.165, 1.54) is 7.11 Å². The van der Waals surface area contributed by atoms with Crippen molar-refractivity contribution in [1.82, 2.24) is 0 Å². The summed E-state index contributed by atoms with van der Waals surface area (Å²) in [6.45, 7) is -0.264. The van der Waals surface area contributed by atoms with E-state index in [0.717, 1.165) is 0 Å². The Balaban J connectivity index is 1.57. The molecule has 0 radical (unpaired) electrons. The summed E-state index contributed by atoms with van der Waals surface area (Å²) in [5, 5.41) is 6.11. The zero-order chi connectivity index (χ0) is 21.5. The number of carbonyl (C=O) groups excluding carboxylic acids is 2. The van der Waals surface area contributed by atoms with Gasteiger partial charge in [0.2, 0.25) is 0 Å². The lowest BCUT2D eigenvalue weighted by molar-refractivity contribution is -0.118. The van der Waals surface area contributed by atoms with E-state index >= 15 is 0 Å². The van der Waals surface area contributed by atoms with Crippen LogP contribution in [0.3, 0.4) is 0 Å². The number of amides is 2. The van der Waals surface area contributed by atoms with Gasteiger partial charge in [0, 0.05) is 11.3 Å². The van der Waals surface area contributed by atoms with Gasteiger partial charge in [0.1, 0.15) is 5.75 Å². The molecule has 8 heteroatoms. The maximum absolute atomic E-state index is 12.4. The molecule has 0 aliphatic rings. The molecule has 0 atom stereocenters. The number of hydrogen-bond donors (Lipinski definition) is 2. The number of halogens is 2. The molecule has 3 aromatic carbocycles. The number of rotatable bonds is 7. The fraction of sp³-hybridized carbons (Fsp3) is 0.0909. The van der Waals surface area contributed by atoms with Gasteiger partial charge in [-0.15, -0.1) is 0 Å². The molecule has 0 unspecified atom stereocenters. The van der Waals surface area contributed by atoms with Gasteiger partial charge in [-0.05, 0) is 48.5 Å². The second-order valence-electron chi connectivity index (χ2n) is 6.12. The standard InChI is InChI=1S/C22H18Cl2N2O4/c1-29-19-8-3-2-7-18(19)26-22(28)14-9-11-15(12-10-14)25-20(27)13-30-21-16(23)5-4-6-17(21)24/h2-12H,13H2,1H3,(H,25,27)(H,26,28). The molecule has 0 spiro atoms. The zero-order valence-corrected chi connectivity index (χ0v) is 17.5. The van der Waals surface area contributed by atoms with Crippen molar-refractivity contribution in [2.24, 2.45) is 0 Å². The van der Waals surface area contributed by atoms with Crippen LogP contribution in [0.2, 0.25) is 10.0 Å². The molecular weight excluding hydrogens is 427 g/mol. The third kappa shape index (κ3) is 5.43. The maximum Gasteiger partial charge on any atom is 0.262 e. The van der Waals surface area contributed by atoms with E-state index in [1.54, 1.807) is 60.7 Å². The molecule has 3 rings (SSSR count). The molecule has 3 aromatic rings. The molecule has 0 saturated heterocycles. The largest absolute Gasteiger partial charge is 0.495 e. The molecule has 30 heavy (non-hydrogen) atoms. The SMILES string of the molecule is COc1ccccc1NC(=O)c1ccc(NC(=O)COc2c(Cl)cccc2Cl)cc1. The number of nitrogens with one attached hydrogen (secondary N) is 2. The van der Waals surface area contributed by atoms with E-state index < -0.39 is 5.91 Å². The van der Waals surface area contributed by atoms with E-state index in [2.05, 4.69) is 10.6 Å². The van der Waals surface area contributed by atoms with Crippen LogP contribution in [0.4, 0.5) is 11.4 Å². The van der Waals surface area contributed by atoms with Crippen LogP contribution in [0.1, 0.15) is 10.4 Å². The molecule has 0 fully saturated rings. The summed E-state index contributed by atoms with van der Waals surface area (Å²) >= 11 is 12.0. The number of methoxy groups -OCH3 is 1. The summed E-state index contributed by atoms with van der Waals surface area (Å²) in [6.07, 6.45) is 0. The molecule has 0 aliphatic heterocycles. The molecule has 2 amide bonds. The lowest BCUT2D eigenvalue weighted by atomic mass is 10.2. The first-order valence-corrected chi connectivity index (χ1v) is 9.64. The van der Waals surface area contributed by atoms with Crippen molar-refractivity contribution < 1.29 is 19.1 Å². The lowest BCUT2D eigenvalue weighted by Crippen LogP contribution is -2.20. The van der Waals surface area contributed by atoms with E-state index in [4.69, 9.17) is 32.7 Å². The van der Waals surface area contributed by atoms with Crippen LogP contribution < -0.4 is 20.1 Å². The van der Waals surface area contributed by atoms with Crippen molar-refractivity contribution in [3.8, 4) is 11.5 Å². The van der Waals surface area contributed by atoms with Crippen LogP contribution in [0, 0.1) is 0 Å². The minimum atomic E-state index is -0.391. The summed E-state index contributed by atoms with van der Waals surface area (Å²) in [4.78, 5) is 24.6. The van der Waals surface area contributed by atoms with E-state index in [-0.39, 0.29) is 18.3 Å². The Morgan fingerprint density at radius 3 is 2.20 bits per heavy atom. The summed E-state index contributed by atoms with van der Waals surface area (Å²) < 4.78 is 10.6. The molecule has 0 heterocycles. The van der Waals surface area contributed by atoms with Crippen molar-refractivity contribution in [3.05, 3.63) is 82.3 Å². The van der Waals surface area contributed by atoms with Gasteiger partial charge in [0.05, 0.1) is 22.8 Å². The second kappa shape index (κ2) is 10.0. The number of para-hydroxylation sites is 3. The van der Waals surface area contributed by atoms with Crippen LogP contribution in [-0.2, 0) is 4.79 Å². The van der Waals surface area contributed by atoms with Crippen molar-refractivity contribution in [2.45, 2.75) is 0 Å². The average Bonchev–Trinajstić information content (AvgIpc) is 2.74. The molecule has 0 aromatic heterocycles. The van der Waals surface area contributed by atoms with Gasteiger partial charge in [-0.25, -0.2) is 0 Å². The van der Waals surface area contributed by atoms with Gasteiger partial charge in [0.25, 0.3) is 11.8 Å². The summed E-state index contributed by atoms with van der Waals surface area (Å²) in [7, 11) is 1.53. The Bertz CT molecular complexity index is 1040. The van der Waals surface area contributed by atoms with Crippen LogP contribution in [0.15, 0.2) is 66.7 Å². The minimum absolute atomic E-state index is 0.249. The Morgan fingerprint density at radius 2 is 1.53 bits per heavy atom. The highest BCUT2D eigenvalue weighted by Crippen LogP contribution is 2.32. The van der Waals surface area contributed by atoms with Crippen LogP contribution >= 0.6 is 23.2 Å². The van der Waals surface area contributed by atoms with Gasteiger partial charge < -0.3 is 20.1 Å². The zero-order valence-electron chi connectivity index (χ0n) is 15.9. The Hall–Kier alpha value is -3.22. The summed E-state index contributed by atoms with van der Waals surface area (Å²) in [5.41, 5.74) is 1.51. The number of carbonyl (C=O) groups is 2. The molecular formula is C22H18Cl2N2O4. The van der Waals surface area contributed by atoms with Gasteiger partial charge >= 0.3 is 0 Å². The quantitative estimate of drug-likeness (QED) is 0.520. The van der Waals surface area contributed by atoms with Gasteiger partial charge in [0.15, 0.2) is 12.4 Å². The van der Waals surface area contributed by atoms with Gasteiger partial charge in [-0.3, -0.25) is 9.59 Å². The Kier molecular flexibility index (Phi) is 7.17. The first-order chi connectivity index (χ1) is 14.5. The van der Waals surface area contributed by atoms with Crippen LogP contribution in [0.25, 0.3) is 0 Å². The fourth-order valence-corrected chi connectivity index (χ4v) is 3.11. The highest BCUT2D eigenvalue weighted by Gasteiger charge is 2.12. The average molecular weight is 445 g/mol. The molecule has 0 bridgehead atoms. The topological polar surface area (TPSA) is 76.7 Å². The van der Waals surface area contributed by atoms with Crippen molar-refractivity contribution in [3.63, 3.8) is 0 Å². The third-order valence-electron chi connectivity index (χ3n) is 4.05. The molecule has 154 valence electrons. The normalized spacial score (nSPS) is 10.2. The number of ether oxygens (including phenoxy) is 2. The van der Waals surface area contributed by atoms with Gasteiger partial charge in [-0.1, -0.05) is 41.4 Å². The maximum atomic E-state index is 12.4. The highest BCUT2D eigenvalue weighted by atomic mass is 35.5. The number of anilines is 2. The number of hydrogen-bond acceptors (Lipinski definition) is 4. The van der Waals surface area contributed by atoms with Crippen LogP contribution in [0.5, 0.6) is 11.5 Å². The third-order valence-corrected chi connectivity index (χ3v) is 4.65.